The Labute approximate surface area is 108 Å². The molecule has 1 aliphatic heterocycles. The number of halogens is 1. The molecule has 3 heteroatoms. The van der Waals surface area contributed by atoms with E-state index >= 15 is 0 Å². The molecule has 0 bridgehead atoms. The van der Waals surface area contributed by atoms with Crippen LogP contribution in [0.15, 0.2) is 24.3 Å². The molecule has 0 amide bonds. The van der Waals surface area contributed by atoms with E-state index in [0.717, 1.165) is 11.6 Å². The van der Waals surface area contributed by atoms with Gasteiger partial charge < -0.3 is 10.2 Å². The SMILES string of the molecule is CC1CNCC2(CC2)CN1c1ccc(Cl)cc1. The van der Waals surface area contributed by atoms with Gasteiger partial charge >= 0.3 is 0 Å². The second-order valence-corrected chi connectivity index (χ2v) is 6.02. The standard InChI is InChI=1S/C14H19ClN2/c1-11-8-16-9-14(6-7-14)10-17(11)13-4-2-12(15)3-5-13/h2-5,11,16H,6-10H2,1H3. The van der Waals surface area contributed by atoms with E-state index in [1.165, 1.54) is 31.6 Å². The highest BCUT2D eigenvalue weighted by Crippen LogP contribution is 2.47. The zero-order chi connectivity index (χ0) is 11.9. The molecule has 1 aromatic rings. The van der Waals surface area contributed by atoms with Crippen LogP contribution in [0.2, 0.25) is 5.02 Å². The Kier molecular flexibility index (Phi) is 2.80. The molecule has 1 atom stereocenters. The maximum absolute atomic E-state index is 5.96. The minimum absolute atomic E-state index is 0.546. The number of rotatable bonds is 1. The first-order chi connectivity index (χ1) is 8.19. The molecule has 2 nitrogen and oxygen atoms in total. The molecule has 1 unspecified atom stereocenters. The van der Waals surface area contributed by atoms with Crippen molar-refractivity contribution < 1.29 is 0 Å². The fourth-order valence-electron chi connectivity index (χ4n) is 2.72. The van der Waals surface area contributed by atoms with Crippen molar-refractivity contribution in [3.05, 3.63) is 29.3 Å². The molecule has 1 saturated heterocycles. The second-order valence-electron chi connectivity index (χ2n) is 5.58. The molecule has 0 radical (unpaired) electrons. The minimum atomic E-state index is 0.546. The Morgan fingerprint density at radius 1 is 1.29 bits per heavy atom. The Morgan fingerprint density at radius 3 is 2.65 bits per heavy atom. The van der Waals surface area contributed by atoms with E-state index in [-0.39, 0.29) is 0 Å². The Balaban J connectivity index is 1.85. The molecule has 92 valence electrons. The highest BCUT2D eigenvalue weighted by molar-refractivity contribution is 6.30. The average molecular weight is 251 g/mol. The molecule has 1 aromatic carbocycles. The van der Waals surface area contributed by atoms with E-state index in [1.807, 2.05) is 12.1 Å². The fraction of sp³-hybridized carbons (Fsp3) is 0.571. The van der Waals surface area contributed by atoms with Crippen LogP contribution in [0.4, 0.5) is 5.69 Å². The van der Waals surface area contributed by atoms with E-state index in [1.54, 1.807) is 0 Å². The van der Waals surface area contributed by atoms with Crippen LogP contribution >= 0.6 is 11.6 Å². The number of hydrogen-bond donors (Lipinski definition) is 1. The lowest BCUT2D eigenvalue weighted by molar-refractivity contribution is 0.500. The highest BCUT2D eigenvalue weighted by Gasteiger charge is 2.45. The van der Waals surface area contributed by atoms with E-state index in [2.05, 4.69) is 29.3 Å². The van der Waals surface area contributed by atoms with Gasteiger partial charge in [0.15, 0.2) is 0 Å². The summed E-state index contributed by atoms with van der Waals surface area (Å²) in [5, 5.41) is 4.41. The van der Waals surface area contributed by atoms with Crippen LogP contribution in [0.1, 0.15) is 19.8 Å². The van der Waals surface area contributed by atoms with Gasteiger partial charge in [-0.25, -0.2) is 0 Å². The maximum atomic E-state index is 5.96. The Bertz CT molecular complexity index is 397. The summed E-state index contributed by atoms with van der Waals surface area (Å²) >= 11 is 5.96. The first kappa shape index (κ1) is 11.4. The van der Waals surface area contributed by atoms with Gasteiger partial charge in [-0.2, -0.15) is 0 Å². The predicted octanol–water partition coefficient (Wildman–Crippen LogP) is 2.92. The quantitative estimate of drug-likeness (QED) is 0.825. The molecule has 0 aromatic heterocycles. The van der Waals surface area contributed by atoms with Gasteiger partial charge in [-0.3, -0.25) is 0 Å². The average Bonchev–Trinajstić information content (AvgIpc) is 3.09. The van der Waals surface area contributed by atoms with Crippen molar-refractivity contribution in [3.63, 3.8) is 0 Å². The summed E-state index contributed by atoms with van der Waals surface area (Å²) in [4.78, 5) is 2.53. The van der Waals surface area contributed by atoms with Crippen LogP contribution in [-0.4, -0.2) is 25.7 Å². The molecular weight excluding hydrogens is 232 g/mol. The lowest BCUT2D eigenvalue weighted by Crippen LogP contribution is -2.38. The zero-order valence-electron chi connectivity index (χ0n) is 10.2. The zero-order valence-corrected chi connectivity index (χ0v) is 11.0. The van der Waals surface area contributed by atoms with E-state index in [4.69, 9.17) is 11.6 Å². The molecule has 1 N–H and O–H groups in total. The summed E-state index contributed by atoms with van der Waals surface area (Å²) < 4.78 is 0. The van der Waals surface area contributed by atoms with E-state index in [0.29, 0.717) is 11.5 Å². The number of nitrogens with one attached hydrogen (secondary N) is 1. The number of nitrogens with zero attached hydrogens (tertiary/aromatic N) is 1. The summed E-state index contributed by atoms with van der Waals surface area (Å²) in [5.74, 6) is 0. The maximum Gasteiger partial charge on any atom is 0.0407 e. The lowest BCUT2D eigenvalue weighted by atomic mass is 10.1. The lowest BCUT2D eigenvalue weighted by Gasteiger charge is -2.31. The van der Waals surface area contributed by atoms with Crippen LogP contribution < -0.4 is 10.2 Å². The van der Waals surface area contributed by atoms with Gasteiger partial charge in [-0.05, 0) is 44.0 Å². The second kappa shape index (κ2) is 4.18. The molecule has 1 aliphatic carbocycles. The minimum Gasteiger partial charge on any atom is -0.367 e. The third-order valence-corrected chi connectivity index (χ3v) is 4.34. The van der Waals surface area contributed by atoms with Gasteiger partial charge in [-0.1, -0.05) is 11.6 Å². The Morgan fingerprint density at radius 2 is 2.00 bits per heavy atom. The summed E-state index contributed by atoms with van der Waals surface area (Å²) in [7, 11) is 0. The molecule has 1 heterocycles. The number of benzene rings is 1. The van der Waals surface area contributed by atoms with E-state index in [9.17, 15) is 0 Å². The van der Waals surface area contributed by atoms with Crippen molar-refractivity contribution in [2.45, 2.75) is 25.8 Å². The summed E-state index contributed by atoms with van der Waals surface area (Å²) in [6, 6.07) is 8.81. The monoisotopic (exact) mass is 250 g/mol. The molecule has 3 rings (SSSR count). The van der Waals surface area contributed by atoms with Crippen molar-refractivity contribution in [2.24, 2.45) is 5.41 Å². The fourth-order valence-corrected chi connectivity index (χ4v) is 2.85. The van der Waals surface area contributed by atoms with Crippen molar-refractivity contribution in [1.29, 1.82) is 0 Å². The summed E-state index contributed by atoms with van der Waals surface area (Å²) in [6.45, 7) is 5.73. The van der Waals surface area contributed by atoms with Gasteiger partial charge in [0.05, 0.1) is 0 Å². The molecular formula is C14H19ClN2. The van der Waals surface area contributed by atoms with Gasteiger partial charge in [0.2, 0.25) is 0 Å². The molecule has 2 aliphatic rings. The van der Waals surface area contributed by atoms with Crippen LogP contribution in [-0.2, 0) is 0 Å². The summed E-state index contributed by atoms with van der Waals surface area (Å²) in [5.41, 5.74) is 1.85. The Hall–Kier alpha value is -0.730. The number of anilines is 1. The predicted molar refractivity (Wildman–Crippen MR) is 72.8 cm³/mol. The van der Waals surface area contributed by atoms with Crippen molar-refractivity contribution in [3.8, 4) is 0 Å². The summed E-state index contributed by atoms with van der Waals surface area (Å²) in [6.07, 6.45) is 2.74. The largest absolute Gasteiger partial charge is 0.367 e. The molecule has 2 fully saturated rings. The number of hydrogen-bond acceptors (Lipinski definition) is 2. The van der Waals surface area contributed by atoms with Gasteiger partial charge in [-0.15, -0.1) is 0 Å². The van der Waals surface area contributed by atoms with Crippen molar-refractivity contribution in [2.75, 3.05) is 24.5 Å². The van der Waals surface area contributed by atoms with Crippen LogP contribution in [0.5, 0.6) is 0 Å². The van der Waals surface area contributed by atoms with Crippen LogP contribution in [0.25, 0.3) is 0 Å². The first-order valence-electron chi connectivity index (χ1n) is 6.42. The van der Waals surface area contributed by atoms with Crippen molar-refractivity contribution in [1.82, 2.24) is 5.32 Å². The highest BCUT2D eigenvalue weighted by atomic mass is 35.5. The smallest absolute Gasteiger partial charge is 0.0407 e. The molecule has 17 heavy (non-hydrogen) atoms. The van der Waals surface area contributed by atoms with Crippen molar-refractivity contribution >= 4 is 17.3 Å². The van der Waals surface area contributed by atoms with Crippen LogP contribution in [0, 0.1) is 5.41 Å². The molecule has 1 spiro atoms. The third kappa shape index (κ3) is 2.29. The topological polar surface area (TPSA) is 15.3 Å². The van der Waals surface area contributed by atoms with Gasteiger partial charge in [0.25, 0.3) is 0 Å². The van der Waals surface area contributed by atoms with E-state index < -0.39 is 0 Å². The first-order valence-corrected chi connectivity index (χ1v) is 6.79. The van der Waals surface area contributed by atoms with Gasteiger partial charge in [0, 0.05) is 41.8 Å². The third-order valence-electron chi connectivity index (χ3n) is 4.09. The van der Waals surface area contributed by atoms with Crippen LogP contribution in [0.3, 0.4) is 0 Å². The molecule has 1 saturated carbocycles. The van der Waals surface area contributed by atoms with Gasteiger partial charge in [0.1, 0.15) is 0 Å². The normalized spacial score (nSPS) is 26.9.